The second kappa shape index (κ2) is 7.87. The van der Waals surface area contributed by atoms with E-state index in [0.717, 1.165) is 43.7 Å². The predicted octanol–water partition coefficient (Wildman–Crippen LogP) is 3.79. The minimum Gasteiger partial charge on any atom is -0.349 e. The van der Waals surface area contributed by atoms with Crippen LogP contribution in [0.3, 0.4) is 0 Å². The number of nitrogens with zero attached hydrogens (tertiary/aromatic N) is 5. The minimum absolute atomic E-state index is 0.320. The largest absolute Gasteiger partial charge is 0.349 e. The van der Waals surface area contributed by atoms with Crippen LogP contribution < -0.4 is 10.6 Å². The van der Waals surface area contributed by atoms with Crippen LogP contribution in [0.2, 0.25) is 0 Å². The molecule has 0 saturated carbocycles. The number of hydrogen-bond acceptors (Lipinski definition) is 5. The molecule has 1 fully saturated rings. The fourth-order valence-corrected chi connectivity index (χ4v) is 4.20. The third kappa shape index (κ3) is 3.49. The van der Waals surface area contributed by atoms with E-state index >= 15 is 0 Å². The van der Waals surface area contributed by atoms with Crippen molar-refractivity contribution in [2.24, 2.45) is 5.73 Å². The smallest absolute Gasteiger partial charge is 0.160 e. The Morgan fingerprint density at radius 3 is 2.93 bits per heavy atom. The molecule has 6 heteroatoms. The number of aromatic nitrogens is 4. The van der Waals surface area contributed by atoms with Gasteiger partial charge < -0.3 is 10.6 Å². The van der Waals surface area contributed by atoms with E-state index in [9.17, 15) is 0 Å². The molecule has 1 aliphatic rings. The highest BCUT2D eigenvalue weighted by Gasteiger charge is 2.29. The van der Waals surface area contributed by atoms with Crippen LogP contribution in [0.25, 0.3) is 5.65 Å². The topological polar surface area (TPSA) is 72.3 Å². The first-order valence-electron chi connectivity index (χ1n) is 10.3. The van der Waals surface area contributed by atoms with Crippen LogP contribution in [0.1, 0.15) is 67.5 Å². The van der Waals surface area contributed by atoms with E-state index in [1.54, 1.807) is 0 Å². The van der Waals surface area contributed by atoms with Gasteiger partial charge >= 0.3 is 0 Å². The molecular formula is C22H30N6. The zero-order chi connectivity index (χ0) is 19.7. The van der Waals surface area contributed by atoms with Gasteiger partial charge in [0.2, 0.25) is 0 Å². The van der Waals surface area contributed by atoms with E-state index < -0.39 is 0 Å². The number of fused-ring (bicyclic) bond motifs is 1. The van der Waals surface area contributed by atoms with Crippen LogP contribution in [-0.4, -0.2) is 32.7 Å². The van der Waals surface area contributed by atoms with Gasteiger partial charge in [-0.2, -0.15) is 5.10 Å². The molecule has 1 saturated heterocycles. The highest BCUT2D eigenvalue weighted by Crippen LogP contribution is 2.37. The summed E-state index contributed by atoms with van der Waals surface area (Å²) in [5, 5.41) is 4.46. The first-order valence-corrected chi connectivity index (χ1v) is 10.3. The summed E-state index contributed by atoms with van der Waals surface area (Å²) in [5.41, 5.74) is 11.6. The second-order valence-corrected chi connectivity index (χ2v) is 8.10. The fraction of sp³-hybridized carbons (Fsp3) is 0.500. The highest BCUT2D eigenvalue weighted by molar-refractivity contribution is 5.55. The monoisotopic (exact) mass is 378 g/mol. The van der Waals surface area contributed by atoms with E-state index in [2.05, 4.69) is 42.9 Å². The summed E-state index contributed by atoms with van der Waals surface area (Å²) in [4.78, 5) is 12.2. The molecule has 3 aromatic rings. The quantitative estimate of drug-likeness (QED) is 0.706. The Kier molecular flexibility index (Phi) is 5.31. The lowest BCUT2D eigenvalue weighted by Gasteiger charge is -2.28. The van der Waals surface area contributed by atoms with Crippen LogP contribution in [0.4, 0.5) is 5.82 Å². The van der Waals surface area contributed by atoms with Crippen LogP contribution in [0, 0.1) is 6.92 Å². The Morgan fingerprint density at radius 2 is 2.14 bits per heavy atom. The molecule has 3 aromatic heterocycles. The molecule has 4 rings (SSSR count). The average Bonchev–Trinajstić information content (AvgIpc) is 3.33. The van der Waals surface area contributed by atoms with Gasteiger partial charge in [0.25, 0.3) is 0 Å². The van der Waals surface area contributed by atoms with Crippen molar-refractivity contribution < 1.29 is 0 Å². The maximum absolute atomic E-state index is 5.75. The predicted molar refractivity (Wildman–Crippen MR) is 113 cm³/mol. The molecule has 4 heterocycles. The Labute approximate surface area is 166 Å². The van der Waals surface area contributed by atoms with Gasteiger partial charge in [0.15, 0.2) is 5.65 Å². The molecule has 1 atom stereocenters. The van der Waals surface area contributed by atoms with Gasteiger partial charge in [-0.25, -0.2) is 9.50 Å². The first-order chi connectivity index (χ1) is 13.6. The molecular weight excluding hydrogens is 348 g/mol. The summed E-state index contributed by atoms with van der Waals surface area (Å²) in [7, 11) is 0. The lowest BCUT2D eigenvalue weighted by Crippen LogP contribution is -2.25. The summed E-state index contributed by atoms with van der Waals surface area (Å²) in [6.07, 6.45) is 10.1. The van der Waals surface area contributed by atoms with Crippen molar-refractivity contribution in [3.63, 3.8) is 0 Å². The molecule has 2 N–H and O–H groups in total. The van der Waals surface area contributed by atoms with Crippen molar-refractivity contribution in [3.05, 3.63) is 53.1 Å². The van der Waals surface area contributed by atoms with Crippen LogP contribution in [-0.2, 0) is 6.42 Å². The minimum atomic E-state index is 0.320. The van der Waals surface area contributed by atoms with Crippen molar-refractivity contribution >= 4 is 11.5 Å². The Balaban J connectivity index is 1.72. The van der Waals surface area contributed by atoms with E-state index in [1.807, 2.05) is 23.1 Å². The summed E-state index contributed by atoms with van der Waals surface area (Å²) < 4.78 is 1.88. The third-order valence-corrected chi connectivity index (χ3v) is 5.67. The average molecular weight is 379 g/mol. The van der Waals surface area contributed by atoms with Gasteiger partial charge in [-0.15, -0.1) is 0 Å². The van der Waals surface area contributed by atoms with Crippen molar-refractivity contribution in [2.45, 2.75) is 58.4 Å². The van der Waals surface area contributed by atoms with Gasteiger partial charge in [-0.05, 0) is 62.3 Å². The van der Waals surface area contributed by atoms with Crippen molar-refractivity contribution in [2.75, 3.05) is 18.0 Å². The van der Waals surface area contributed by atoms with E-state index in [0.29, 0.717) is 18.5 Å². The zero-order valence-corrected chi connectivity index (χ0v) is 17.1. The van der Waals surface area contributed by atoms with E-state index in [4.69, 9.17) is 15.7 Å². The Morgan fingerprint density at radius 1 is 1.29 bits per heavy atom. The van der Waals surface area contributed by atoms with Gasteiger partial charge in [-0.1, -0.05) is 19.9 Å². The summed E-state index contributed by atoms with van der Waals surface area (Å²) in [6, 6.07) is 4.71. The molecule has 0 spiro atoms. The van der Waals surface area contributed by atoms with Crippen LogP contribution in [0.15, 0.2) is 30.7 Å². The van der Waals surface area contributed by atoms with E-state index in [-0.39, 0.29) is 0 Å². The number of aryl methyl sites for hydroxylation is 2. The second-order valence-electron chi connectivity index (χ2n) is 8.10. The highest BCUT2D eigenvalue weighted by atomic mass is 15.3. The lowest BCUT2D eigenvalue weighted by molar-refractivity contribution is 0.683. The molecule has 0 aromatic carbocycles. The summed E-state index contributed by atoms with van der Waals surface area (Å²) in [6.45, 7) is 8.20. The molecule has 6 nitrogen and oxygen atoms in total. The normalized spacial score (nSPS) is 17.2. The van der Waals surface area contributed by atoms with Gasteiger partial charge in [-0.3, -0.25) is 4.98 Å². The van der Waals surface area contributed by atoms with E-state index in [1.165, 1.54) is 22.4 Å². The number of hydrogen-bond donors (Lipinski definition) is 1. The zero-order valence-electron chi connectivity index (χ0n) is 17.1. The molecule has 148 valence electrons. The van der Waals surface area contributed by atoms with Crippen LogP contribution in [0.5, 0.6) is 0 Å². The lowest BCUT2D eigenvalue weighted by atomic mass is 9.98. The summed E-state index contributed by atoms with van der Waals surface area (Å²) in [5.74, 6) is 1.43. The van der Waals surface area contributed by atoms with Crippen molar-refractivity contribution in [1.29, 1.82) is 0 Å². The fourth-order valence-electron chi connectivity index (χ4n) is 4.20. The standard InChI is InChI=1S/C22H30N6/c1-15(2)18-14-25-28-11-8-21(26-22(18)28)27-10-5-7-20(27)17-12-16(3)13-24-19(17)6-4-9-23/h8,11-15,20H,4-7,9-10,23H2,1-3H3. The van der Waals surface area contributed by atoms with Crippen LogP contribution >= 0.6 is 0 Å². The number of nitrogens with two attached hydrogens (primary N) is 1. The molecule has 1 unspecified atom stereocenters. The first kappa shape index (κ1) is 18.9. The van der Waals surface area contributed by atoms with Gasteiger partial charge in [0.1, 0.15) is 5.82 Å². The molecule has 0 bridgehead atoms. The molecule has 1 aliphatic heterocycles. The van der Waals surface area contributed by atoms with Gasteiger partial charge in [0.05, 0.1) is 12.2 Å². The Hall–Kier alpha value is -2.47. The molecule has 28 heavy (non-hydrogen) atoms. The van der Waals surface area contributed by atoms with Gasteiger partial charge in [0, 0.05) is 30.2 Å². The molecule has 0 amide bonds. The maximum atomic E-state index is 5.75. The third-order valence-electron chi connectivity index (χ3n) is 5.67. The summed E-state index contributed by atoms with van der Waals surface area (Å²) >= 11 is 0. The molecule has 0 aliphatic carbocycles. The number of anilines is 1. The van der Waals surface area contributed by atoms with Crippen molar-refractivity contribution in [3.8, 4) is 0 Å². The SMILES string of the molecule is Cc1cnc(CCCN)c(C2CCCN2c2ccn3ncc(C(C)C)c3n2)c1. The number of pyridine rings is 1. The molecule has 0 radical (unpaired) electrons. The van der Waals surface area contributed by atoms with Crippen molar-refractivity contribution in [1.82, 2.24) is 19.6 Å². The number of rotatable bonds is 6. The Bertz CT molecular complexity index is 961. The maximum Gasteiger partial charge on any atom is 0.160 e.